The van der Waals surface area contributed by atoms with Gasteiger partial charge in [-0.1, -0.05) is 12.2 Å². The molecule has 1 aliphatic rings. The van der Waals surface area contributed by atoms with E-state index in [1.54, 1.807) is 18.3 Å². The molecule has 0 radical (unpaired) electrons. The third-order valence-electron chi connectivity index (χ3n) is 3.45. The molecule has 0 saturated carbocycles. The molecular formula is C14H20N4OS. The second kappa shape index (κ2) is 6.65. The number of nitrogens with zero attached hydrogens (tertiary/aromatic N) is 2. The Kier molecular flexibility index (Phi) is 4.89. The summed E-state index contributed by atoms with van der Waals surface area (Å²) in [6.45, 7) is 3.56. The van der Waals surface area contributed by atoms with E-state index in [4.69, 9.17) is 18.0 Å². The van der Waals surface area contributed by atoms with Crippen LogP contribution >= 0.6 is 12.2 Å². The molecule has 1 atom stereocenters. The molecule has 1 fully saturated rings. The van der Waals surface area contributed by atoms with Crippen LogP contribution in [-0.4, -0.2) is 39.9 Å². The van der Waals surface area contributed by atoms with E-state index in [1.165, 1.54) is 6.42 Å². The van der Waals surface area contributed by atoms with Gasteiger partial charge in [0.1, 0.15) is 16.8 Å². The summed E-state index contributed by atoms with van der Waals surface area (Å²) in [5.41, 5.74) is 6.34. The first-order chi connectivity index (χ1) is 9.58. The van der Waals surface area contributed by atoms with Gasteiger partial charge in [0.2, 0.25) is 5.91 Å². The number of pyridine rings is 1. The van der Waals surface area contributed by atoms with Crippen molar-refractivity contribution in [2.45, 2.75) is 32.2 Å². The minimum absolute atomic E-state index is 0.118. The normalized spacial score (nSPS) is 16.6. The van der Waals surface area contributed by atoms with E-state index in [1.807, 2.05) is 11.8 Å². The molecule has 6 heteroatoms. The van der Waals surface area contributed by atoms with E-state index < -0.39 is 0 Å². The molecule has 0 spiro atoms. The number of amides is 1. The van der Waals surface area contributed by atoms with Gasteiger partial charge in [0.15, 0.2) is 0 Å². The molecule has 2 rings (SSSR count). The predicted octanol–water partition coefficient (Wildman–Crippen LogP) is 1.53. The van der Waals surface area contributed by atoms with Gasteiger partial charge < -0.3 is 16.0 Å². The number of thiocarbonyl (C=S) groups is 1. The molecule has 1 amide bonds. The van der Waals surface area contributed by atoms with Gasteiger partial charge in [-0.3, -0.25) is 4.79 Å². The summed E-state index contributed by atoms with van der Waals surface area (Å²) in [6, 6.07) is 3.22. The van der Waals surface area contributed by atoms with Crippen LogP contribution in [0, 0.1) is 0 Å². The standard InChI is InChI=1S/C14H20N4OS/c1-10(14(19)18-7-3-2-4-8-18)17-12-9-11(13(15)20)5-6-16-12/h5-6,9-10H,2-4,7-8H2,1H3,(H2,15,20)(H,16,17). The van der Waals surface area contributed by atoms with Crippen LogP contribution in [-0.2, 0) is 4.79 Å². The largest absolute Gasteiger partial charge is 0.389 e. The van der Waals surface area contributed by atoms with Crippen molar-refractivity contribution >= 4 is 28.9 Å². The van der Waals surface area contributed by atoms with Gasteiger partial charge in [-0.05, 0) is 38.3 Å². The van der Waals surface area contributed by atoms with Crippen LogP contribution in [0.25, 0.3) is 0 Å². The first-order valence-electron chi connectivity index (χ1n) is 6.89. The van der Waals surface area contributed by atoms with Crippen molar-refractivity contribution in [3.05, 3.63) is 23.9 Å². The number of anilines is 1. The average Bonchev–Trinajstić information content (AvgIpc) is 2.47. The van der Waals surface area contributed by atoms with Crippen molar-refractivity contribution < 1.29 is 4.79 Å². The van der Waals surface area contributed by atoms with Crippen LogP contribution in [0.4, 0.5) is 5.82 Å². The summed E-state index contributed by atoms with van der Waals surface area (Å²) in [6.07, 6.45) is 5.03. The number of piperidine rings is 1. The zero-order valence-electron chi connectivity index (χ0n) is 11.6. The van der Waals surface area contributed by atoms with E-state index in [0.717, 1.165) is 31.5 Å². The lowest BCUT2D eigenvalue weighted by atomic mass is 10.1. The molecule has 108 valence electrons. The smallest absolute Gasteiger partial charge is 0.244 e. The van der Waals surface area contributed by atoms with Crippen molar-refractivity contribution in [3.8, 4) is 0 Å². The Morgan fingerprint density at radius 2 is 2.15 bits per heavy atom. The number of hydrogen-bond acceptors (Lipinski definition) is 4. The molecule has 20 heavy (non-hydrogen) atoms. The molecule has 0 aliphatic carbocycles. The molecule has 0 aromatic carbocycles. The lowest BCUT2D eigenvalue weighted by Crippen LogP contribution is -2.44. The quantitative estimate of drug-likeness (QED) is 0.824. The number of rotatable bonds is 4. The first kappa shape index (κ1) is 14.7. The van der Waals surface area contributed by atoms with Crippen molar-refractivity contribution in [3.63, 3.8) is 0 Å². The highest BCUT2D eigenvalue weighted by Gasteiger charge is 2.22. The van der Waals surface area contributed by atoms with Crippen LogP contribution in [0.2, 0.25) is 0 Å². The van der Waals surface area contributed by atoms with Gasteiger partial charge >= 0.3 is 0 Å². The predicted molar refractivity (Wildman–Crippen MR) is 83.6 cm³/mol. The van der Waals surface area contributed by atoms with Crippen LogP contribution in [0.15, 0.2) is 18.3 Å². The second-order valence-electron chi connectivity index (χ2n) is 5.05. The summed E-state index contributed by atoms with van der Waals surface area (Å²) in [5, 5.41) is 3.12. The number of hydrogen-bond donors (Lipinski definition) is 2. The number of nitrogens with one attached hydrogen (secondary N) is 1. The summed E-state index contributed by atoms with van der Waals surface area (Å²) >= 11 is 4.94. The second-order valence-corrected chi connectivity index (χ2v) is 5.49. The number of carbonyl (C=O) groups is 1. The summed E-state index contributed by atoms with van der Waals surface area (Å²) in [4.78, 5) is 18.7. The average molecular weight is 292 g/mol. The van der Waals surface area contributed by atoms with Gasteiger partial charge in [-0.2, -0.15) is 0 Å². The molecule has 1 aliphatic heterocycles. The lowest BCUT2D eigenvalue weighted by Gasteiger charge is -2.29. The molecular weight excluding hydrogens is 272 g/mol. The minimum atomic E-state index is -0.304. The Morgan fingerprint density at radius 3 is 2.80 bits per heavy atom. The minimum Gasteiger partial charge on any atom is -0.389 e. The van der Waals surface area contributed by atoms with E-state index in [-0.39, 0.29) is 11.9 Å². The topological polar surface area (TPSA) is 71.2 Å². The van der Waals surface area contributed by atoms with Gasteiger partial charge in [0.25, 0.3) is 0 Å². The van der Waals surface area contributed by atoms with Gasteiger partial charge in [-0.15, -0.1) is 0 Å². The first-order valence-corrected chi connectivity index (χ1v) is 7.30. The molecule has 0 bridgehead atoms. The van der Waals surface area contributed by atoms with E-state index in [0.29, 0.717) is 10.8 Å². The third kappa shape index (κ3) is 3.66. The Balaban J connectivity index is 1.99. The van der Waals surface area contributed by atoms with Crippen LogP contribution in [0.5, 0.6) is 0 Å². The lowest BCUT2D eigenvalue weighted by molar-refractivity contribution is -0.132. The van der Waals surface area contributed by atoms with Crippen molar-refractivity contribution in [2.75, 3.05) is 18.4 Å². The van der Waals surface area contributed by atoms with Crippen molar-refractivity contribution in [1.29, 1.82) is 0 Å². The monoisotopic (exact) mass is 292 g/mol. The van der Waals surface area contributed by atoms with Gasteiger partial charge in [0, 0.05) is 24.8 Å². The number of aromatic nitrogens is 1. The van der Waals surface area contributed by atoms with E-state index in [2.05, 4.69) is 10.3 Å². The number of carbonyl (C=O) groups excluding carboxylic acids is 1. The van der Waals surface area contributed by atoms with Crippen LogP contribution in [0.3, 0.4) is 0 Å². The highest BCUT2D eigenvalue weighted by molar-refractivity contribution is 7.80. The Bertz CT molecular complexity index is 500. The van der Waals surface area contributed by atoms with E-state index >= 15 is 0 Å². The molecule has 2 heterocycles. The molecule has 5 nitrogen and oxygen atoms in total. The highest BCUT2D eigenvalue weighted by atomic mass is 32.1. The Labute approximate surface area is 124 Å². The molecule has 1 saturated heterocycles. The Morgan fingerprint density at radius 1 is 1.45 bits per heavy atom. The van der Waals surface area contributed by atoms with Crippen LogP contribution < -0.4 is 11.1 Å². The van der Waals surface area contributed by atoms with Crippen molar-refractivity contribution in [2.24, 2.45) is 5.73 Å². The maximum Gasteiger partial charge on any atom is 0.244 e. The third-order valence-corrected chi connectivity index (χ3v) is 3.68. The Hall–Kier alpha value is -1.69. The van der Waals surface area contributed by atoms with Gasteiger partial charge in [-0.25, -0.2) is 4.98 Å². The zero-order chi connectivity index (χ0) is 14.5. The maximum absolute atomic E-state index is 12.3. The molecule has 1 aromatic heterocycles. The number of nitrogens with two attached hydrogens (primary N) is 1. The van der Waals surface area contributed by atoms with Gasteiger partial charge in [0.05, 0.1) is 0 Å². The van der Waals surface area contributed by atoms with Crippen LogP contribution in [0.1, 0.15) is 31.7 Å². The fraction of sp³-hybridized carbons (Fsp3) is 0.500. The summed E-state index contributed by atoms with van der Waals surface area (Å²) < 4.78 is 0. The maximum atomic E-state index is 12.3. The zero-order valence-corrected chi connectivity index (χ0v) is 12.4. The van der Waals surface area contributed by atoms with Crippen molar-refractivity contribution in [1.82, 2.24) is 9.88 Å². The highest BCUT2D eigenvalue weighted by Crippen LogP contribution is 2.13. The SMILES string of the molecule is CC(Nc1cc(C(N)=S)ccn1)C(=O)N1CCCCC1. The molecule has 1 aromatic rings. The molecule has 1 unspecified atom stereocenters. The van der Waals surface area contributed by atoms with E-state index in [9.17, 15) is 4.79 Å². The fourth-order valence-corrected chi connectivity index (χ4v) is 2.46. The molecule has 3 N–H and O–H groups in total. The summed E-state index contributed by atoms with van der Waals surface area (Å²) in [5.74, 6) is 0.736. The number of likely N-dealkylation sites (tertiary alicyclic amines) is 1. The fourth-order valence-electron chi connectivity index (χ4n) is 2.33. The summed E-state index contributed by atoms with van der Waals surface area (Å²) in [7, 11) is 0.